The minimum atomic E-state index is -2.95. The zero-order valence-corrected chi connectivity index (χ0v) is 30.7. The maximum atomic E-state index is 3.62. The SMILES string of the molecule is CNC1c2ccccc2-c2cc([Si](c3ccccc3)(c3ccc4c(c3)-c3ccccc3C4NC)c3ccc4c(c3)-c3ccccc3C4NC)ccc21. The van der Waals surface area contributed by atoms with E-state index in [0.717, 1.165) is 0 Å². The Bertz CT molecular complexity index is 2270. The van der Waals surface area contributed by atoms with Gasteiger partial charge in [0.25, 0.3) is 0 Å². The second-order valence-electron chi connectivity index (χ2n) is 14.4. The van der Waals surface area contributed by atoms with Crippen LogP contribution < -0.4 is 36.7 Å². The first-order valence-electron chi connectivity index (χ1n) is 18.5. The molecular weight excluding hydrogens is 647 g/mol. The Morgan fingerprint density at radius 3 is 0.962 bits per heavy atom. The topological polar surface area (TPSA) is 36.1 Å². The van der Waals surface area contributed by atoms with Gasteiger partial charge in [-0.25, -0.2) is 0 Å². The summed E-state index contributed by atoms with van der Waals surface area (Å²) in [4.78, 5) is 0. The summed E-state index contributed by atoms with van der Waals surface area (Å²) in [6, 6.07) is 61.0. The van der Waals surface area contributed by atoms with Crippen molar-refractivity contribution in [3.63, 3.8) is 0 Å². The highest BCUT2D eigenvalue weighted by Crippen LogP contribution is 2.46. The van der Waals surface area contributed by atoms with Crippen LogP contribution in [0.25, 0.3) is 33.4 Å². The van der Waals surface area contributed by atoms with Gasteiger partial charge in [-0.15, -0.1) is 0 Å². The molecule has 0 saturated carbocycles. The van der Waals surface area contributed by atoms with E-state index in [2.05, 4.69) is 195 Å². The molecule has 0 fully saturated rings. The minimum Gasteiger partial charge on any atom is -0.309 e. The average Bonchev–Trinajstić information content (AvgIpc) is 3.83. The van der Waals surface area contributed by atoms with E-state index >= 15 is 0 Å². The van der Waals surface area contributed by atoms with Crippen LogP contribution in [0, 0.1) is 0 Å². The van der Waals surface area contributed by atoms with Crippen LogP contribution in [0.15, 0.2) is 158 Å². The summed E-state index contributed by atoms with van der Waals surface area (Å²) in [7, 11) is 3.29. The van der Waals surface area contributed by atoms with Gasteiger partial charge in [-0.2, -0.15) is 0 Å². The highest BCUT2D eigenvalue weighted by Gasteiger charge is 2.45. The smallest absolute Gasteiger partial charge is 0.179 e. The number of nitrogens with one attached hydrogen (secondary N) is 3. The highest BCUT2D eigenvalue weighted by atomic mass is 28.3. The lowest BCUT2D eigenvalue weighted by molar-refractivity contribution is 0.708. The molecule has 0 heterocycles. The van der Waals surface area contributed by atoms with Crippen LogP contribution in [0.5, 0.6) is 0 Å². The molecule has 10 rings (SSSR count). The maximum absolute atomic E-state index is 3.62. The number of fused-ring (bicyclic) bond motifs is 9. The van der Waals surface area contributed by atoms with Crippen molar-refractivity contribution in [3.8, 4) is 33.4 Å². The first-order valence-corrected chi connectivity index (χ1v) is 20.5. The third kappa shape index (κ3) is 4.30. The predicted octanol–water partition coefficient (Wildman–Crippen LogP) is 6.93. The van der Waals surface area contributed by atoms with Crippen LogP contribution in [-0.2, 0) is 0 Å². The molecule has 3 nitrogen and oxygen atoms in total. The van der Waals surface area contributed by atoms with Crippen LogP contribution in [0.2, 0.25) is 0 Å². The lowest BCUT2D eigenvalue weighted by Gasteiger charge is -2.36. The molecule has 3 aliphatic carbocycles. The summed E-state index contributed by atoms with van der Waals surface area (Å²) in [6.45, 7) is 0. The molecule has 3 unspecified atom stereocenters. The molecule has 0 amide bonds. The van der Waals surface area contributed by atoms with Crippen molar-refractivity contribution < 1.29 is 0 Å². The molecule has 7 aromatic rings. The Morgan fingerprint density at radius 2 is 0.615 bits per heavy atom. The van der Waals surface area contributed by atoms with Gasteiger partial charge in [-0.05, 0) is 109 Å². The number of benzene rings is 7. The van der Waals surface area contributed by atoms with Gasteiger partial charge < -0.3 is 16.0 Å². The summed E-state index contributed by atoms with van der Waals surface area (Å²) in [5.41, 5.74) is 16.1. The van der Waals surface area contributed by atoms with Crippen molar-refractivity contribution in [3.05, 3.63) is 191 Å². The molecule has 252 valence electrons. The average molecular weight is 688 g/mol. The van der Waals surface area contributed by atoms with Gasteiger partial charge in [-0.3, -0.25) is 0 Å². The van der Waals surface area contributed by atoms with E-state index in [-0.39, 0.29) is 18.1 Å². The van der Waals surface area contributed by atoms with E-state index in [9.17, 15) is 0 Å². The molecule has 7 aromatic carbocycles. The predicted molar refractivity (Wildman–Crippen MR) is 219 cm³/mol. The summed E-state index contributed by atoms with van der Waals surface area (Å²) in [6.07, 6.45) is 0. The molecule has 4 heteroatoms. The van der Waals surface area contributed by atoms with Crippen molar-refractivity contribution >= 4 is 28.8 Å². The zero-order valence-electron chi connectivity index (χ0n) is 29.7. The Balaban J connectivity index is 1.31. The number of hydrogen-bond acceptors (Lipinski definition) is 3. The van der Waals surface area contributed by atoms with E-state index in [1.165, 1.54) is 87.5 Å². The Labute approximate surface area is 307 Å². The summed E-state index contributed by atoms with van der Waals surface area (Å²) >= 11 is 0. The normalized spacial score (nSPS) is 18.5. The van der Waals surface area contributed by atoms with E-state index in [1.54, 1.807) is 0 Å². The van der Waals surface area contributed by atoms with E-state index < -0.39 is 8.07 Å². The fraction of sp³-hybridized carbons (Fsp3) is 0.125. The fourth-order valence-electron chi connectivity index (χ4n) is 9.93. The van der Waals surface area contributed by atoms with Gasteiger partial charge in [0.15, 0.2) is 8.07 Å². The second-order valence-corrected chi connectivity index (χ2v) is 18.3. The molecule has 0 radical (unpaired) electrons. The van der Waals surface area contributed by atoms with Gasteiger partial charge in [0.2, 0.25) is 0 Å². The van der Waals surface area contributed by atoms with E-state index in [0.29, 0.717) is 0 Å². The quantitative estimate of drug-likeness (QED) is 0.126. The van der Waals surface area contributed by atoms with Crippen molar-refractivity contribution in [1.29, 1.82) is 0 Å². The number of hydrogen-bond donors (Lipinski definition) is 3. The van der Waals surface area contributed by atoms with Gasteiger partial charge in [0, 0.05) is 0 Å². The molecular formula is C48H41N3Si. The van der Waals surface area contributed by atoms with Crippen molar-refractivity contribution in [1.82, 2.24) is 16.0 Å². The van der Waals surface area contributed by atoms with Crippen LogP contribution in [0.1, 0.15) is 51.5 Å². The molecule has 0 spiro atoms. The Morgan fingerprint density at radius 1 is 0.308 bits per heavy atom. The van der Waals surface area contributed by atoms with Crippen LogP contribution in [0.4, 0.5) is 0 Å². The molecule has 0 saturated heterocycles. The van der Waals surface area contributed by atoms with Gasteiger partial charge >= 0.3 is 0 Å². The lowest BCUT2D eigenvalue weighted by Crippen LogP contribution is -2.74. The maximum Gasteiger partial charge on any atom is 0.179 e. The monoisotopic (exact) mass is 687 g/mol. The fourth-order valence-corrected chi connectivity index (χ4v) is 14.7. The second kappa shape index (κ2) is 12.1. The van der Waals surface area contributed by atoms with E-state index in [4.69, 9.17) is 0 Å². The summed E-state index contributed by atoms with van der Waals surface area (Å²) in [5, 5.41) is 16.5. The standard InChI is InChI=1S/C48H41N3Si/c1-49-46-37-18-10-7-15-34(37)43-27-31(21-24-40(43)46)52(30-13-5-4-6-14-30,32-22-25-41-44(28-32)35-16-8-11-19-38(35)47(41)50-2)33-23-26-42-45(29-33)36-17-9-12-20-39(36)48(42)51-3/h4-29,46-51H,1-3H3. The zero-order chi connectivity index (χ0) is 35.0. The van der Waals surface area contributed by atoms with Crippen molar-refractivity contribution in [2.24, 2.45) is 0 Å². The molecule has 0 aromatic heterocycles. The van der Waals surface area contributed by atoms with Crippen molar-refractivity contribution in [2.45, 2.75) is 18.1 Å². The molecule has 0 bridgehead atoms. The van der Waals surface area contributed by atoms with Gasteiger partial charge in [0.05, 0.1) is 18.1 Å². The molecule has 3 aliphatic rings. The first kappa shape index (κ1) is 31.4. The third-order valence-corrected chi connectivity index (χ3v) is 16.9. The van der Waals surface area contributed by atoms with Crippen LogP contribution in [0.3, 0.4) is 0 Å². The minimum absolute atomic E-state index is 0.179. The highest BCUT2D eigenvalue weighted by molar-refractivity contribution is 7.20. The molecule has 0 aliphatic heterocycles. The Hall–Kier alpha value is -5.36. The molecule has 3 atom stereocenters. The lowest BCUT2D eigenvalue weighted by atomic mass is 10.1. The van der Waals surface area contributed by atoms with E-state index in [1.807, 2.05) is 0 Å². The van der Waals surface area contributed by atoms with Crippen molar-refractivity contribution in [2.75, 3.05) is 21.1 Å². The van der Waals surface area contributed by atoms with Gasteiger partial charge in [0.1, 0.15) is 0 Å². The van der Waals surface area contributed by atoms with Gasteiger partial charge in [-0.1, -0.05) is 158 Å². The first-order chi connectivity index (χ1) is 25.7. The van der Waals surface area contributed by atoms with Crippen LogP contribution >= 0.6 is 0 Å². The summed E-state index contributed by atoms with van der Waals surface area (Å²) < 4.78 is 0. The molecule has 3 N–H and O–H groups in total. The third-order valence-electron chi connectivity index (χ3n) is 12.2. The Kier molecular flexibility index (Phi) is 7.31. The van der Waals surface area contributed by atoms with Crippen LogP contribution in [-0.4, -0.2) is 29.2 Å². The molecule has 52 heavy (non-hydrogen) atoms. The number of rotatable bonds is 7. The summed E-state index contributed by atoms with van der Waals surface area (Å²) in [5.74, 6) is 0. The largest absolute Gasteiger partial charge is 0.309 e.